The van der Waals surface area contributed by atoms with E-state index in [9.17, 15) is 19.2 Å². The van der Waals surface area contributed by atoms with Crippen molar-refractivity contribution >= 4 is 35.3 Å². The summed E-state index contributed by atoms with van der Waals surface area (Å²) in [6.45, 7) is 2.98. The van der Waals surface area contributed by atoms with Crippen molar-refractivity contribution < 1.29 is 33.4 Å². The van der Waals surface area contributed by atoms with Crippen LogP contribution in [-0.4, -0.2) is 49.1 Å². The van der Waals surface area contributed by atoms with Gasteiger partial charge in [-0.3, -0.25) is 19.2 Å². The number of rotatable bonds is 9. The third-order valence-electron chi connectivity index (χ3n) is 2.29. The summed E-state index contributed by atoms with van der Waals surface area (Å²) < 4.78 is 14.3. The Kier molecular flexibility index (Phi) is 9.44. The van der Waals surface area contributed by atoms with E-state index in [4.69, 9.17) is 9.47 Å². The molecule has 0 N–H and O–H groups in total. The van der Waals surface area contributed by atoms with Gasteiger partial charge in [-0.15, -0.1) is 0 Å². The number of hydrogen-bond donors (Lipinski definition) is 0. The summed E-state index contributed by atoms with van der Waals surface area (Å²) in [6.07, 6.45) is -1.29. The molecule has 0 rings (SSSR count). The predicted molar refractivity (Wildman–Crippen MR) is 71.5 cm³/mol. The summed E-state index contributed by atoms with van der Waals surface area (Å²) in [7, 11) is 1.18. The first-order chi connectivity index (χ1) is 9.46. The van der Waals surface area contributed by atoms with Crippen LogP contribution in [0.2, 0.25) is 0 Å². The normalized spacial score (nSPS) is 12.9. The van der Waals surface area contributed by atoms with Crippen LogP contribution in [0.5, 0.6) is 0 Å². The van der Waals surface area contributed by atoms with Crippen LogP contribution in [0.3, 0.4) is 0 Å². The van der Waals surface area contributed by atoms with Gasteiger partial charge in [0.2, 0.25) is 0 Å². The van der Waals surface area contributed by atoms with Gasteiger partial charge >= 0.3 is 17.9 Å². The van der Waals surface area contributed by atoms with Crippen molar-refractivity contribution in [1.29, 1.82) is 0 Å². The zero-order valence-corrected chi connectivity index (χ0v) is 12.4. The highest BCUT2D eigenvalue weighted by atomic mass is 32.2. The fraction of sp³-hybridized carbons (Fsp3) is 0.667. The molecule has 0 saturated carbocycles. The van der Waals surface area contributed by atoms with Gasteiger partial charge in [0, 0.05) is 12.7 Å². The molecule has 0 aromatic carbocycles. The summed E-state index contributed by atoms with van der Waals surface area (Å²) in [5, 5.41) is 0. The fourth-order valence-corrected chi connectivity index (χ4v) is 2.12. The van der Waals surface area contributed by atoms with Crippen LogP contribution in [-0.2, 0) is 33.4 Å². The Morgan fingerprint density at radius 1 is 1.30 bits per heavy atom. The summed E-state index contributed by atoms with van der Waals surface area (Å²) >= 11 is 0.831. The lowest BCUT2D eigenvalue weighted by atomic mass is 10.0. The molecule has 0 bridgehead atoms. The molecule has 0 amide bonds. The van der Waals surface area contributed by atoms with E-state index in [0.717, 1.165) is 11.8 Å². The molecule has 0 heterocycles. The minimum absolute atomic E-state index is 0.0491. The lowest BCUT2D eigenvalue weighted by Crippen LogP contribution is -2.36. The van der Waals surface area contributed by atoms with Crippen molar-refractivity contribution in [2.24, 2.45) is 5.92 Å². The van der Waals surface area contributed by atoms with Crippen LogP contribution >= 0.6 is 11.8 Å². The topological polar surface area (TPSA) is 96.0 Å². The molecule has 0 radical (unpaired) electrons. The van der Waals surface area contributed by atoms with Crippen LogP contribution in [0.4, 0.5) is 0 Å². The van der Waals surface area contributed by atoms with Crippen LogP contribution in [0.25, 0.3) is 0 Å². The van der Waals surface area contributed by atoms with Gasteiger partial charge in [0.05, 0.1) is 20.1 Å². The van der Waals surface area contributed by atoms with E-state index >= 15 is 0 Å². The highest BCUT2D eigenvalue weighted by molar-refractivity contribution is 8.11. The molecule has 0 aromatic rings. The van der Waals surface area contributed by atoms with Crippen LogP contribution in [0.15, 0.2) is 0 Å². The minimum Gasteiger partial charge on any atom is -0.469 e. The van der Waals surface area contributed by atoms with Crippen molar-refractivity contribution in [1.82, 2.24) is 0 Å². The SMILES string of the molecule is CCOC(=O)CC(OC(C)=O)C(CSC=O)C(=O)OC. The molecule has 2 unspecified atom stereocenters. The minimum atomic E-state index is -1.02. The van der Waals surface area contributed by atoms with Crippen LogP contribution in [0.1, 0.15) is 20.3 Å². The van der Waals surface area contributed by atoms with Gasteiger partial charge < -0.3 is 14.2 Å². The van der Waals surface area contributed by atoms with Gasteiger partial charge in [0.1, 0.15) is 12.0 Å². The number of hydrogen-bond acceptors (Lipinski definition) is 8. The average molecular weight is 306 g/mol. The molecule has 114 valence electrons. The first-order valence-corrected chi connectivity index (χ1v) is 6.97. The molecule has 0 aromatic heterocycles. The summed E-state index contributed by atoms with van der Waals surface area (Å²) in [5.41, 5.74) is 0.561. The zero-order valence-electron chi connectivity index (χ0n) is 11.6. The van der Waals surface area contributed by atoms with Crippen molar-refractivity contribution in [3.8, 4) is 0 Å². The maximum absolute atomic E-state index is 11.7. The van der Waals surface area contributed by atoms with Gasteiger partial charge in [-0.2, -0.15) is 0 Å². The molecule has 0 spiro atoms. The van der Waals surface area contributed by atoms with Gasteiger partial charge in [-0.05, 0) is 6.92 Å². The van der Waals surface area contributed by atoms with Crippen LogP contribution in [0, 0.1) is 5.92 Å². The first kappa shape index (κ1) is 18.4. The Labute approximate surface area is 121 Å². The average Bonchev–Trinajstić information content (AvgIpc) is 2.38. The van der Waals surface area contributed by atoms with E-state index in [-0.39, 0.29) is 18.8 Å². The summed E-state index contributed by atoms with van der Waals surface area (Å²) in [4.78, 5) is 44.6. The monoisotopic (exact) mass is 306 g/mol. The third kappa shape index (κ3) is 7.13. The molecule has 0 aliphatic heterocycles. The molecule has 0 aliphatic carbocycles. The number of carbonyl (C=O) groups excluding carboxylic acids is 4. The Balaban J connectivity index is 4.97. The highest BCUT2D eigenvalue weighted by Gasteiger charge is 2.34. The largest absolute Gasteiger partial charge is 0.469 e. The molecular weight excluding hydrogens is 288 g/mol. The molecule has 20 heavy (non-hydrogen) atoms. The number of methoxy groups -OCH3 is 1. The maximum atomic E-state index is 11.7. The second-order valence-electron chi connectivity index (χ2n) is 3.72. The lowest BCUT2D eigenvalue weighted by molar-refractivity contribution is -0.161. The Morgan fingerprint density at radius 2 is 1.95 bits per heavy atom. The molecule has 0 aliphatic rings. The molecule has 0 fully saturated rings. The molecular formula is C12H18O7S. The molecule has 0 saturated heterocycles. The smallest absolute Gasteiger partial charge is 0.313 e. The van der Waals surface area contributed by atoms with E-state index in [1.54, 1.807) is 6.92 Å². The van der Waals surface area contributed by atoms with E-state index in [1.807, 2.05) is 0 Å². The Hall–Kier alpha value is -1.57. The first-order valence-electron chi connectivity index (χ1n) is 5.92. The lowest BCUT2D eigenvalue weighted by Gasteiger charge is -2.23. The number of ether oxygens (including phenoxy) is 3. The van der Waals surface area contributed by atoms with Gasteiger partial charge in [-0.1, -0.05) is 11.8 Å². The maximum Gasteiger partial charge on any atom is 0.313 e. The second kappa shape index (κ2) is 10.2. The van der Waals surface area contributed by atoms with Crippen molar-refractivity contribution in [2.75, 3.05) is 19.5 Å². The fourth-order valence-electron chi connectivity index (χ4n) is 1.48. The summed E-state index contributed by atoms with van der Waals surface area (Å²) in [6, 6.07) is 0. The van der Waals surface area contributed by atoms with Gasteiger partial charge in [-0.25, -0.2) is 0 Å². The molecule has 7 nitrogen and oxygen atoms in total. The van der Waals surface area contributed by atoms with E-state index < -0.39 is 29.9 Å². The van der Waals surface area contributed by atoms with Crippen molar-refractivity contribution in [3.05, 3.63) is 0 Å². The number of esters is 3. The van der Waals surface area contributed by atoms with Crippen molar-refractivity contribution in [2.45, 2.75) is 26.4 Å². The zero-order chi connectivity index (χ0) is 15.5. The predicted octanol–water partition coefficient (Wildman–Crippen LogP) is 0.584. The highest BCUT2D eigenvalue weighted by Crippen LogP contribution is 2.19. The van der Waals surface area contributed by atoms with E-state index in [0.29, 0.717) is 5.62 Å². The van der Waals surface area contributed by atoms with Crippen LogP contribution < -0.4 is 0 Å². The van der Waals surface area contributed by atoms with E-state index in [1.165, 1.54) is 14.0 Å². The quantitative estimate of drug-likeness (QED) is 0.347. The standard InChI is InChI=1S/C12H18O7S/c1-4-18-11(15)5-10(19-8(2)14)9(6-20-7-13)12(16)17-3/h7,9-10H,4-6H2,1-3H3. The Morgan fingerprint density at radius 3 is 2.40 bits per heavy atom. The second-order valence-corrected chi connectivity index (χ2v) is 4.58. The molecule has 2 atom stereocenters. The number of thioether (sulfide) groups is 1. The van der Waals surface area contributed by atoms with Gasteiger partial charge in [0.25, 0.3) is 0 Å². The van der Waals surface area contributed by atoms with Gasteiger partial charge in [0.15, 0.2) is 5.62 Å². The Bertz CT molecular complexity index is 356. The molecule has 8 heteroatoms. The van der Waals surface area contributed by atoms with Crippen molar-refractivity contribution in [3.63, 3.8) is 0 Å². The van der Waals surface area contributed by atoms with E-state index in [2.05, 4.69) is 4.74 Å². The third-order valence-corrected chi connectivity index (χ3v) is 2.97. The summed E-state index contributed by atoms with van der Waals surface area (Å²) in [5.74, 6) is -2.75. The number of carbonyl (C=O) groups is 4.